The van der Waals surface area contributed by atoms with E-state index in [1.54, 1.807) is 0 Å². The van der Waals surface area contributed by atoms with Crippen molar-refractivity contribution in [2.24, 2.45) is 0 Å². The summed E-state index contributed by atoms with van der Waals surface area (Å²) >= 11 is 0. The van der Waals surface area contributed by atoms with Crippen LogP contribution in [0.1, 0.15) is 440 Å². The molecule has 145 heavy (non-hydrogen) atoms. The van der Waals surface area contributed by atoms with E-state index in [4.69, 9.17) is 47.4 Å². The lowest BCUT2D eigenvalue weighted by atomic mass is 10.2. The van der Waals surface area contributed by atoms with E-state index in [-0.39, 0.29) is 22.4 Å². The summed E-state index contributed by atoms with van der Waals surface area (Å²) in [6.45, 7) is 154. The predicted octanol–water partition coefficient (Wildman–Crippen LogP) is 28.7. The number of unbranched alkanes of at least 4 members (excludes halogenated alkanes) is 5. The zero-order valence-corrected chi connectivity index (χ0v) is 111. The van der Waals surface area contributed by atoms with Gasteiger partial charge in [-0.3, -0.25) is 0 Å². The van der Waals surface area contributed by atoms with Crippen molar-refractivity contribution >= 4 is 0 Å². The third-order valence-corrected chi connectivity index (χ3v) is 28.9. The van der Waals surface area contributed by atoms with Crippen LogP contribution in [0.4, 0.5) is 0 Å². The summed E-state index contributed by atoms with van der Waals surface area (Å²) in [5.74, 6) is 0. The number of likely N-dealkylation sites (N-methyl/N-ethyl adjacent to an activating group) is 10. The smallest absolute Gasteiger partial charge is 0.102 e. The zero-order valence-electron chi connectivity index (χ0n) is 111. The van der Waals surface area contributed by atoms with Crippen LogP contribution in [0.5, 0.6) is 0 Å². The molecule has 0 radical (unpaired) electrons. The Kier molecular flexibility index (Phi) is 113. The van der Waals surface area contributed by atoms with Gasteiger partial charge in [0.1, 0.15) is 65.4 Å². The molecule has 0 spiro atoms. The summed E-state index contributed by atoms with van der Waals surface area (Å²) in [6, 6.07) is 0. The van der Waals surface area contributed by atoms with Gasteiger partial charge in [-0.05, 0) is 311 Å². The van der Waals surface area contributed by atoms with Crippen molar-refractivity contribution in [1.82, 2.24) is 0 Å². The van der Waals surface area contributed by atoms with Gasteiger partial charge >= 0.3 is 0 Å². The van der Waals surface area contributed by atoms with Gasteiger partial charge in [0, 0.05) is 13.2 Å². The van der Waals surface area contributed by atoms with Crippen molar-refractivity contribution in [3.63, 3.8) is 0 Å². The first-order chi connectivity index (χ1) is 67.6. The topological polar surface area (TPSA) is 92.3 Å². The molecule has 0 heterocycles. The first-order valence-corrected chi connectivity index (χ1v) is 62.2. The Morgan fingerprint density at radius 3 is 0.455 bits per heavy atom. The first-order valence-electron chi connectivity index (χ1n) is 62.2. The lowest BCUT2D eigenvalue weighted by molar-refractivity contribution is -0.927. The molecule has 0 aromatic carbocycles. The van der Waals surface area contributed by atoms with Gasteiger partial charge in [-0.1, -0.05) is 129 Å². The van der Waals surface area contributed by atoms with Gasteiger partial charge in [0.05, 0.1) is 312 Å². The molecular weight excluding hydrogens is 1800 g/mol. The van der Waals surface area contributed by atoms with Gasteiger partial charge < -0.3 is 92.2 Å². The summed E-state index contributed by atoms with van der Waals surface area (Å²) in [7, 11) is 13.0. The van der Waals surface area contributed by atoms with Gasteiger partial charge in [0.25, 0.3) is 0 Å². The Morgan fingerprint density at radius 1 is 0.152 bits per heavy atom. The largest absolute Gasteiger partial charge is 0.376 e. The first kappa shape index (κ1) is 164. The van der Waals surface area contributed by atoms with Crippen molar-refractivity contribution in [1.29, 1.82) is 0 Å². The van der Waals surface area contributed by atoms with E-state index >= 15 is 0 Å². The molecule has 0 fully saturated rings. The molecule has 20 heteroatoms. The van der Waals surface area contributed by atoms with Crippen LogP contribution in [0.25, 0.3) is 0 Å². The van der Waals surface area contributed by atoms with E-state index in [1.165, 1.54) is 348 Å². The molecule has 0 rings (SSSR count). The van der Waals surface area contributed by atoms with Crippen LogP contribution in [-0.2, 0) is 47.4 Å². The third kappa shape index (κ3) is 109. The van der Waals surface area contributed by atoms with E-state index in [0.29, 0.717) is 24.4 Å². The highest BCUT2D eigenvalue weighted by atomic mass is 16.5. The molecule has 0 saturated carbocycles. The molecule has 20 nitrogen and oxygen atoms in total. The Hall–Kier alpha value is -0.800. The molecule has 0 saturated heterocycles. The number of ether oxygens (including phenoxy) is 10. The van der Waals surface area contributed by atoms with Crippen molar-refractivity contribution in [3.05, 3.63) is 0 Å². The normalized spacial score (nSPS) is 13.7. The van der Waals surface area contributed by atoms with Gasteiger partial charge in [-0.15, -0.1) is 0 Å². The minimum absolute atomic E-state index is 0.000369. The maximum absolute atomic E-state index is 5.90. The van der Waals surface area contributed by atoms with Crippen LogP contribution < -0.4 is 0 Å². The average Bonchev–Trinajstić information content (AvgIpc) is 0.886. The lowest BCUT2D eigenvalue weighted by Crippen LogP contribution is -2.51. The van der Waals surface area contributed by atoms with Gasteiger partial charge in [-0.25, -0.2) is 0 Å². The maximum Gasteiger partial charge on any atom is 0.102 e. The maximum atomic E-state index is 5.90. The predicted molar refractivity (Wildman–Crippen MR) is 648 cm³/mol. The second kappa shape index (κ2) is 100.0. The summed E-state index contributed by atoms with van der Waals surface area (Å²) in [5, 5.41) is 0. The summed E-state index contributed by atoms with van der Waals surface area (Å²) in [5.41, 5.74) is 0.0161. The molecule has 0 aromatic rings. The number of quaternary nitrogens is 10. The van der Waals surface area contributed by atoms with Crippen LogP contribution >= 0.6 is 0 Å². The number of hydrogen-bond donors (Lipinski definition) is 0. The highest BCUT2D eigenvalue weighted by Gasteiger charge is 2.31. The van der Waals surface area contributed by atoms with Crippen molar-refractivity contribution in [3.8, 4) is 0 Å². The molecule has 0 aliphatic heterocycles. The summed E-state index contributed by atoms with van der Waals surface area (Å²) in [6.07, 6.45) is 25.7. The fourth-order valence-electron chi connectivity index (χ4n) is 18.4. The minimum Gasteiger partial charge on any atom is -0.376 e. The standard InChI is InChI=1S/2C15H34NO.3C14H32NO.C13H30NO.C12H28NO.C11H26NO.C9H22NO.C8H20NO/c1-7-10-12-16(9-3,11-8-2)13-14-17-15(4,5)6;1-5-9-12-16(8-4,11-7-3)13-15-17-14-10-6-2;1-7-10-15(9-3,11-8-2)12-13-16-14(4,5)6;1-6-9-11-15(8-3,10-7-2)12-13-16-14(4)5;1-5-9-13-16-14-12-15(8-4,10-6-2)11-7-3;1-6-9-14(8-3,10-7-2)11-12-15-13(4)5;1-7-13(8-2,9-3)10-11-14-12(4,5)6;1-6-12(7-2,8-3)9-10-13-11(4)5;1-9(2,3)11-8-7-10(4,5)6;1-8(2)10-7-6-9(3,4)5/h7-14H2,1-6H3;5-15H2,1-4H3;7-13H2,1-6H3;14H,6-13H2,1-5H3;5-14H2,1-4H3;13H,6-12H2,1-5H3;7-11H2,1-6H3;11H,6-10H2,1-5H3;7-8H2,1-6H3;8H,6-7H2,1-5H3/q10*+1. The van der Waals surface area contributed by atoms with Crippen molar-refractivity contribution in [2.45, 2.75) is 487 Å². The summed E-state index contributed by atoms with van der Waals surface area (Å²) < 4.78 is 68.7. The minimum atomic E-state index is 0.000369. The molecule has 0 aliphatic rings. The Morgan fingerprint density at radius 2 is 0.297 bits per heavy atom. The zero-order chi connectivity index (χ0) is 114. The van der Waals surface area contributed by atoms with Crippen LogP contribution in [-0.4, -0.2) is 436 Å². The van der Waals surface area contributed by atoms with Crippen LogP contribution in [0.15, 0.2) is 0 Å². The van der Waals surface area contributed by atoms with Crippen molar-refractivity contribution in [2.75, 3.05) is 344 Å². The molecule has 0 aliphatic carbocycles. The fraction of sp³-hybridized carbons (Fsp3) is 1.00. The van der Waals surface area contributed by atoms with Crippen LogP contribution in [0.2, 0.25) is 0 Å². The molecular formula is C125H290N10O10+10. The molecule has 0 aromatic heterocycles. The quantitative estimate of drug-likeness (QED) is 0.0433. The van der Waals surface area contributed by atoms with E-state index in [9.17, 15) is 0 Å². The van der Waals surface area contributed by atoms with Gasteiger partial charge in [-0.2, -0.15) is 0 Å². The molecule has 0 bridgehead atoms. The molecule has 3 atom stereocenters. The highest BCUT2D eigenvalue weighted by molar-refractivity contribution is 4.63. The molecule has 0 N–H and O–H groups in total. The number of hydrogen-bond acceptors (Lipinski definition) is 10. The van der Waals surface area contributed by atoms with E-state index in [0.717, 1.165) is 121 Å². The average molecular weight is 2090 g/mol. The van der Waals surface area contributed by atoms with E-state index < -0.39 is 0 Å². The Labute approximate surface area is 918 Å². The molecule has 890 valence electrons. The second-order valence-corrected chi connectivity index (χ2v) is 49.5. The van der Waals surface area contributed by atoms with Gasteiger partial charge in [0.15, 0.2) is 0 Å². The third-order valence-electron chi connectivity index (χ3n) is 28.9. The van der Waals surface area contributed by atoms with E-state index in [2.05, 4.69) is 361 Å². The fourth-order valence-corrected chi connectivity index (χ4v) is 18.4. The van der Waals surface area contributed by atoms with Gasteiger partial charge in [0.2, 0.25) is 0 Å². The lowest BCUT2D eigenvalue weighted by Gasteiger charge is -2.38. The molecule has 3 unspecified atom stereocenters. The summed E-state index contributed by atoms with van der Waals surface area (Å²) in [4.78, 5) is 0. The Balaban J connectivity index is -0.000000175. The van der Waals surface area contributed by atoms with Crippen molar-refractivity contribution < 1.29 is 92.2 Å². The monoisotopic (exact) mass is 2090 g/mol. The number of nitrogens with zero attached hydrogens (tertiary/aromatic N) is 10. The van der Waals surface area contributed by atoms with Crippen LogP contribution in [0.3, 0.4) is 0 Å². The molecule has 0 amide bonds. The Bertz CT molecular complexity index is 2510. The van der Waals surface area contributed by atoms with Crippen LogP contribution in [0, 0.1) is 0 Å². The number of rotatable bonds is 79. The second-order valence-electron chi connectivity index (χ2n) is 49.5. The highest BCUT2D eigenvalue weighted by Crippen LogP contribution is 2.20. The van der Waals surface area contributed by atoms with E-state index in [1.807, 2.05) is 0 Å². The SMILES string of the molecule is CC(C)(C)OCC[N+](C)(C)C.CC(C)OCC[N+](C)(C)C.CCCCOCC[N+](CC)(CCC)CCC.CCCCOCC[N+](CC)(CCC)CCCC.CCCC[N+](CC)(CCC)CCOC(C)(C)C.CCCC[N+](CC)(CCC)CCOC(C)C.CCC[N+](CC)(CCC)CCOC(C)(C)C.CCC[N+](CC)(CCC)CCOC(C)C.CC[N+](CC)(CC)CCOC(C)(C)C.CC[N+](CC)(CC)CCOC(C)C.